The number of fused-ring (bicyclic) bond motifs is 1. The van der Waals surface area contributed by atoms with Crippen LogP contribution in [0.3, 0.4) is 0 Å². The maximum Gasteiger partial charge on any atom is 0.471 e. The van der Waals surface area contributed by atoms with Crippen molar-refractivity contribution in [2.75, 3.05) is 23.9 Å². The van der Waals surface area contributed by atoms with E-state index in [2.05, 4.69) is 30.5 Å². The third-order valence-electron chi connectivity index (χ3n) is 4.87. The van der Waals surface area contributed by atoms with Crippen LogP contribution >= 0.6 is 46.2 Å². The van der Waals surface area contributed by atoms with Crippen LogP contribution in [0.4, 0.5) is 18.3 Å². The monoisotopic (exact) mass is 609 g/mol. The number of thioether (sulfide) groups is 2. The molecule has 0 spiro atoms. The minimum absolute atomic E-state index is 0.170. The van der Waals surface area contributed by atoms with Crippen LogP contribution in [0.1, 0.15) is 5.69 Å². The molecule has 13 nitrogen and oxygen atoms in total. The van der Waals surface area contributed by atoms with Crippen molar-refractivity contribution < 1.29 is 42.3 Å². The highest BCUT2D eigenvalue weighted by Gasteiger charge is 2.54. The Hall–Kier alpha value is -3.23. The van der Waals surface area contributed by atoms with Crippen LogP contribution in [-0.4, -0.2) is 90.8 Å². The predicted octanol–water partition coefficient (Wildman–Crippen LogP) is 1.38. The molecule has 20 heteroatoms. The van der Waals surface area contributed by atoms with E-state index in [1.54, 1.807) is 10.8 Å². The second-order valence-electron chi connectivity index (χ2n) is 7.22. The maximum absolute atomic E-state index is 12.9. The standard InChI is InChI=1S/C18H14F3N7O6S4/c1-34-27-8(7-4-36-16(23-7)25-15(33)18(19,20)21)11(29)24-9-12(30)28-10(14(31)32)6(2-35-13(9)28)3-37-17-26-22-5-38-17/h4-5,9,13H,2-3H2,1H3,(H,24,29)(H,31,32)(H,23,25,33)/t9?,13-/m0/s1. The molecule has 1 unspecified atom stereocenters. The van der Waals surface area contributed by atoms with E-state index in [9.17, 15) is 37.5 Å². The molecule has 2 aromatic heterocycles. The van der Waals surface area contributed by atoms with Crippen molar-refractivity contribution in [3.8, 4) is 0 Å². The number of carbonyl (C=O) groups is 4. The van der Waals surface area contributed by atoms with Gasteiger partial charge in [-0.05, 0) is 5.57 Å². The minimum Gasteiger partial charge on any atom is -0.477 e. The molecule has 0 bridgehead atoms. The molecule has 3 amide bonds. The van der Waals surface area contributed by atoms with Crippen molar-refractivity contribution in [3.63, 3.8) is 0 Å². The molecule has 2 atom stereocenters. The van der Waals surface area contributed by atoms with E-state index < -0.39 is 52.1 Å². The van der Waals surface area contributed by atoms with Gasteiger partial charge in [0.2, 0.25) is 0 Å². The molecule has 4 rings (SSSR count). The summed E-state index contributed by atoms with van der Waals surface area (Å²) in [6, 6.07) is -1.11. The normalized spacial score (nSPS) is 19.5. The number of anilines is 1. The van der Waals surface area contributed by atoms with Gasteiger partial charge in [0.25, 0.3) is 11.8 Å². The first-order valence-corrected chi connectivity index (χ1v) is 13.9. The number of thiazole rings is 1. The number of aromatic nitrogens is 3. The lowest BCUT2D eigenvalue weighted by Gasteiger charge is -2.49. The molecule has 1 saturated heterocycles. The number of carboxylic acid groups (broad SMARTS) is 1. The minimum atomic E-state index is -5.14. The summed E-state index contributed by atoms with van der Waals surface area (Å²) in [5.41, 5.74) is 1.20. The van der Waals surface area contributed by atoms with Gasteiger partial charge in [0.1, 0.15) is 35.4 Å². The van der Waals surface area contributed by atoms with Crippen molar-refractivity contribution in [1.82, 2.24) is 25.4 Å². The zero-order chi connectivity index (χ0) is 27.6. The van der Waals surface area contributed by atoms with E-state index in [1.807, 2.05) is 0 Å². The Morgan fingerprint density at radius 1 is 1.34 bits per heavy atom. The molecule has 3 N–H and O–H groups in total. The highest BCUT2D eigenvalue weighted by Crippen LogP contribution is 2.41. The molecule has 2 aromatic rings. The molecule has 202 valence electrons. The summed E-state index contributed by atoms with van der Waals surface area (Å²) in [6.45, 7) is 0. The summed E-state index contributed by atoms with van der Waals surface area (Å²) in [4.78, 5) is 58.4. The Balaban J connectivity index is 1.46. The molecular weight excluding hydrogens is 596 g/mol. The fourth-order valence-corrected chi connectivity index (χ4v) is 6.95. The van der Waals surface area contributed by atoms with Gasteiger partial charge in [-0.25, -0.2) is 9.78 Å². The van der Waals surface area contributed by atoms with E-state index >= 15 is 0 Å². The number of nitrogens with one attached hydrogen (secondary N) is 2. The lowest BCUT2D eigenvalue weighted by atomic mass is 10.0. The average molecular weight is 610 g/mol. The highest BCUT2D eigenvalue weighted by atomic mass is 32.2. The largest absolute Gasteiger partial charge is 0.477 e. The summed E-state index contributed by atoms with van der Waals surface area (Å²) in [5.74, 6) is -4.59. The summed E-state index contributed by atoms with van der Waals surface area (Å²) in [7, 11) is 1.12. The predicted molar refractivity (Wildman–Crippen MR) is 131 cm³/mol. The Labute approximate surface area is 226 Å². The number of halogens is 3. The summed E-state index contributed by atoms with van der Waals surface area (Å²) in [5, 5.41) is 25.0. The molecule has 4 heterocycles. The average Bonchev–Trinajstić information content (AvgIpc) is 3.55. The van der Waals surface area contributed by atoms with Gasteiger partial charge in [0.15, 0.2) is 15.2 Å². The lowest BCUT2D eigenvalue weighted by molar-refractivity contribution is -0.167. The van der Waals surface area contributed by atoms with Gasteiger partial charge >= 0.3 is 18.1 Å². The van der Waals surface area contributed by atoms with Gasteiger partial charge in [-0.3, -0.25) is 24.6 Å². The third kappa shape index (κ3) is 5.76. The molecule has 38 heavy (non-hydrogen) atoms. The zero-order valence-corrected chi connectivity index (χ0v) is 22.0. The molecule has 0 saturated carbocycles. The Morgan fingerprint density at radius 2 is 2.11 bits per heavy atom. The van der Waals surface area contributed by atoms with E-state index in [1.165, 1.54) is 40.2 Å². The first-order chi connectivity index (χ1) is 18.0. The van der Waals surface area contributed by atoms with Gasteiger partial charge in [0.05, 0.1) is 0 Å². The number of nitrogens with zero attached hydrogens (tertiary/aromatic N) is 5. The number of hydrogen-bond donors (Lipinski definition) is 3. The molecule has 0 radical (unpaired) electrons. The summed E-state index contributed by atoms with van der Waals surface area (Å²) >= 11 is 4.44. The fraction of sp³-hybridized carbons (Fsp3) is 0.333. The number of carbonyl (C=O) groups excluding carboxylic acids is 3. The van der Waals surface area contributed by atoms with E-state index in [-0.39, 0.29) is 22.9 Å². The first kappa shape index (κ1) is 27.8. The molecule has 0 aliphatic carbocycles. The number of β-lactam (4-membered cyclic amide) rings is 1. The van der Waals surface area contributed by atoms with Crippen LogP contribution in [0.15, 0.2) is 31.7 Å². The fourth-order valence-electron chi connectivity index (χ4n) is 3.28. The maximum atomic E-state index is 12.9. The second-order valence-corrected chi connectivity index (χ2v) is 11.2. The number of carboxylic acids is 1. The van der Waals surface area contributed by atoms with E-state index in [0.717, 1.165) is 12.0 Å². The molecule has 1 fully saturated rings. The van der Waals surface area contributed by atoms with Gasteiger partial charge in [0, 0.05) is 16.9 Å². The number of aliphatic carboxylic acids is 1. The number of hydrogen-bond acceptors (Lipinski definition) is 13. The zero-order valence-electron chi connectivity index (χ0n) is 18.7. The van der Waals surface area contributed by atoms with E-state index in [0.29, 0.717) is 21.2 Å². The number of alkyl halides is 3. The number of amides is 3. The summed E-state index contributed by atoms with van der Waals surface area (Å²) < 4.78 is 38.1. The Kier molecular flexibility index (Phi) is 8.23. The second kappa shape index (κ2) is 11.3. The van der Waals surface area contributed by atoms with Crippen molar-refractivity contribution in [2.45, 2.75) is 21.9 Å². The number of oxime groups is 1. The Bertz CT molecular complexity index is 1330. The highest BCUT2D eigenvalue weighted by molar-refractivity contribution is 8.01. The van der Waals surface area contributed by atoms with Crippen LogP contribution in [0, 0.1) is 0 Å². The summed E-state index contributed by atoms with van der Waals surface area (Å²) in [6.07, 6.45) is -5.14. The topological polar surface area (TPSA) is 176 Å². The van der Waals surface area contributed by atoms with Crippen molar-refractivity contribution in [1.29, 1.82) is 0 Å². The van der Waals surface area contributed by atoms with Crippen molar-refractivity contribution >= 4 is 80.7 Å². The first-order valence-electron chi connectivity index (χ1n) is 10.1. The van der Waals surface area contributed by atoms with Gasteiger partial charge in [-0.15, -0.1) is 33.3 Å². The third-order valence-corrected chi connectivity index (χ3v) is 8.91. The van der Waals surface area contributed by atoms with Crippen LogP contribution in [-0.2, 0) is 24.0 Å². The van der Waals surface area contributed by atoms with E-state index in [4.69, 9.17) is 0 Å². The van der Waals surface area contributed by atoms with Crippen molar-refractivity contribution in [3.05, 3.63) is 27.9 Å². The quantitative estimate of drug-likeness (QED) is 0.162. The molecular formula is C18H14F3N7O6S4. The van der Waals surface area contributed by atoms with Crippen molar-refractivity contribution in [2.24, 2.45) is 5.16 Å². The van der Waals surface area contributed by atoms with Gasteiger partial charge < -0.3 is 15.3 Å². The van der Waals surface area contributed by atoms with Crippen LogP contribution in [0.25, 0.3) is 0 Å². The van der Waals surface area contributed by atoms with Gasteiger partial charge in [-0.1, -0.05) is 28.3 Å². The number of rotatable bonds is 9. The molecule has 2 aliphatic rings. The smallest absolute Gasteiger partial charge is 0.471 e. The molecule has 0 aromatic carbocycles. The van der Waals surface area contributed by atoms with Crippen LogP contribution in [0.2, 0.25) is 0 Å². The Morgan fingerprint density at radius 3 is 2.74 bits per heavy atom. The van der Waals surface area contributed by atoms with Crippen LogP contribution < -0.4 is 10.6 Å². The van der Waals surface area contributed by atoms with Crippen LogP contribution in [0.5, 0.6) is 0 Å². The lowest BCUT2D eigenvalue weighted by Crippen LogP contribution is -2.71. The molecule has 2 aliphatic heterocycles. The SMILES string of the molecule is CON=C(C(=O)NC1C(=O)N2C(C(=O)O)=C(CSc3nncs3)CS[C@@H]12)c1csc(NC(=O)C(F)(F)F)n1. The van der Waals surface area contributed by atoms with Gasteiger partial charge in [-0.2, -0.15) is 13.2 Å².